The molecule has 0 aliphatic carbocycles. The number of aromatic nitrogens is 1. The molecule has 2 aromatic rings. The highest BCUT2D eigenvalue weighted by Crippen LogP contribution is 2.15. The van der Waals surface area contributed by atoms with E-state index >= 15 is 0 Å². The summed E-state index contributed by atoms with van der Waals surface area (Å²) < 4.78 is 0. The molecular weight excluding hydrogens is 278 g/mol. The second-order valence-electron chi connectivity index (χ2n) is 4.14. The molecule has 1 atom stereocenters. The number of aliphatic hydroxyl groups excluding tert-OH is 1. The van der Waals surface area contributed by atoms with Crippen molar-refractivity contribution >= 4 is 23.3 Å². The molecule has 20 heavy (non-hydrogen) atoms. The molecule has 0 aliphatic heterocycles. The van der Waals surface area contributed by atoms with E-state index in [9.17, 15) is 9.90 Å². The average molecular weight is 292 g/mol. The Morgan fingerprint density at radius 1 is 1.30 bits per heavy atom. The maximum Gasteiger partial charge on any atom is 0.319 e. The Bertz CT molecular complexity index is 560. The minimum absolute atomic E-state index is 0.105. The van der Waals surface area contributed by atoms with Crippen LogP contribution in [0.1, 0.15) is 11.7 Å². The van der Waals surface area contributed by atoms with Gasteiger partial charge >= 0.3 is 6.03 Å². The van der Waals surface area contributed by atoms with Crippen LogP contribution >= 0.6 is 11.6 Å². The van der Waals surface area contributed by atoms with Gasteiger partial charge in [-0.15, -0.1) is 0 Å². The molecule has 0 bridgehead atoms. The van der Waals surface area contributed by atoms with E-state index in [1.807, 2.05) is 0 Å². The molecule has 0 saturated heterocycles. The number of rotatable bonds is 4. The van der Waals surface area contributed by atoms with Gasteiger partial charge in [0.05, 0.1) is 18.0 Å². The van der Waals surface area contributed by atoms with Gasteiger partial charge in [-0.25, -0.2) is 4.79 Å². The van der Waals surface area contributed by atoms with Crippen molar-refractivity contribution in [3.05, 3.63) is 59.4 Å². The molecule has 0 saturated carbocycles. The lowest BCUT2D eigenvalue weighted by Crippen LogP contribution is -2.32. The molecule has 0 unspecified atom stereocenters. The van der Waals surface area contributed by atoms with Gasteiger partial charge in [0.1, 0.15) is 0 Å². The first-order chi connectivity index (χ1) is 9.65. The maximum atomic E-state index is 11.6. The molecule has 0 spiro atoms. The normalized spacial score (nSPS) is 11.7. The molecule has 0 fully saturated rings. The summed E-state index contributed by atoms with van der Waals surface area (Å²) >= 11 is 5.77. The summed E-state index contributed by atoms with van der Waals surface area (Å²) in [6, 6.07) is 9.86. The second-order valence-corrected chi connectivity index (χ2v) is 4.58. The third-order valence-electron chi connectivity index (χ3n) is 2.63. The van der Waals surface area contributed by atoms with E-state index in [0.29, 0.717) is 16.3 Å². The number of pyridine rings is 1. The lowest BCUT2D eigenvalue weighted by Gasteiger charge is -2.13. The monoisotopic (exact) mass is 291 g/mol. The highest BCUT2D eigenvalue weighted by Gasteiger charge is 2.09. The van der Waals surface area contributed by atoms with Crippen molar-refractivity contribution in [2.24, 2.45) is 0 Å². The van der Waals surface area contributed by atoms with Crippen LogP contribution in [0.3, 0.4) is 0 Å². The molecule has 6 heteroatoms. The molecule has 0 aliphatic rings. The van der Waals surface area contributed by atoms with Crippen molar-refractivity contribution < 1.29 is 9.90 Å². The minimum Gasteiger partial charge on any atom is -0.387 e. The fourth-order valence-corrected chi connectivity index (χ4v) is 1.73. The van der Waals surface area contributed by atoms with Crippen LogP contribution in [0.15, 0.2) is 48.8 Å². The molecule has 0 radical (unpaired) electrons. The van der Waals surface area contributed by atoms with Crippen LogP contribution < -0.4 is 10.6 Å². The summed E-state index contributed by atoms with van der Waals surface area (Å²) in [6.07, 6.45) is 2.37. The standard InChI is InChI=1S/C14H14ClN3O2/c15-11-5-3-10(4-6-11)13(19)9-17-14(20)18-12-2-1-7-16-8-12/h1-8,13,19H,9H2,(H2,17,18,20)/t13-/m1/s1. The van der Waals surface area contributed by atoms with E-state index in [4.69, 9.17) is 11.6 Å². The van der Waals surface area contributed by atoms with Gasteiger partial charge in [0, 0.05) is 17.8 Å². The number of carbonyl (C=O) groups excluding carboxylic acids is 1. The third-order valence-corrected chi connectivity index (χ3v) is 2.88. The van der Waals surface area contributed by atoms with Gasteiger partial charge in [0.15, 0.2) is 0 Å². The summed E-state index contributed by atoms with van der Waals surface area (Å²) in [7, 11) is 0. The van der Waals surface area contributed by atoms with Crippen LogP contribution in [0.4, 0.5) is 10.5 Å². The highest BCUT2D eigenvalue weighted by molar-refractivity contribution is 6.30. The quantitative estimate of drug-likeness (QED) is 0.810. The van der Waals surface area contributed by atoms with Crippen LogP contribution in [-0.2, 0) is 0 Å². The second kappa shape index (κ2) is 6.88. The Hall–Kier alpha value is -2.11. The molecular formula is C14H14ClN3O2. The predicted molar refractivity (Wildman–Crippen MR) is 77.7 cm³/mol. The lowest BCUT2D eigenvalue weighted by molar-refractivity contribution is 0.175. The molecule has 1 aromatic heterocycles. The Morgan fingerprint density at radius 2 is 2.05 bits per heavy atom. The predicted octanol–water partition coefficient (Wildman–Crippen LogP) is 2.59. The number of urea groups is 1. The maximum absolute atomic E-state index is 11.6. The highest BCUT2D eigenvalue weighted by atomic mass is 35.5. The molecule has 1 aromatic carbocycles. The van der Waals surface area contributed by atoms with E-state index in [-0.39, 0.29) is 6.54 Å². The number of nitrogens with zero attached hydrogens (tertiary/aromatic N) is 1. The zero-order valence-electron chi connectivity index (χ0n) is 10.6. The molecule has 2 amide bonds. The first-order valence-corrected chi connectivity index (χ1v) is 6.41. The van der Waals surface area contributed by atoms with Crippen LogP contribution in [0.5, 0.6) is 0 Å². The fraction of sp³-hybridized carbons (Fsp3) is 0.143. The largest absolute Gasteiger partial charge is 0.387 e. The van der Waals surface area contributed by atoms with Gasteiger partial charge in [0.25, 0.3) is 0 Å². The molecule has 5 nitrogen and oxygen atoms in total. The number of aliphatic hydroxyl groups is 1. The molecule has 104 valence electrons. The fourth-order valence-electron chi connectivity index (χ4n) is 1.60. The summed E-state index contributed by atoms with van der Waals surface area (Å²) in [6.45, 7) is 0.105. The molecule has 3 N–H and O–H groups in total. The summed E-state index contributed by atoms with van der Waals surface area (Å²) in [5.41, 5.74) is 1.28. The van der Waals surface area contributed by atoms with E-state index in [2.05, 4.69) is 15.6 Å². The number of nitrogens with one attached hydrogen (secondary N) is 2. The first kappa shape index (κ1) is 14.3. The zero-order chi connectivity index (χ0) is 14.4. The summed E-state index contributed by atoms with van der Waals surface area (Å²) in [5, 5.41) is 15.7. The van der Waals surface area contributed by atoms with E-state index in [1.54, 1.807) is 42.6 Å². The Labute approximate surface area is 121 Å². The number of halogens is 1. The number of anilines is 1. The van der Waals surface area contributed by atoms with E-state index in [0.717, 1.165) is 0 Å². The first-order valence-electron chi connectivity index (χ1n) is 6.03. The number of carbonyl (C=O) groups is 1. The Morgan fingerprint density at radius 3 is 2.70 bits per heavy atom. The van der Waals surface area contributed by atoms with Gasteiger partial charge in [0.2, 0.25) is 0 Å². The van der Waals surface area contributed by atoms with Crippen molar-refractivity contribution in [1.82, 2.24) is 10.3 Å². The van der Waals surface area contributed by atoms with Crippen molar-refractivity contribution in [2.45, 2.75) is 6.10 Å². The molecule has 2 rings (SSSR count). The van der Waals surface area contributed by atoms with Crippen molar-refractivity contribution in [1.29, 1.82) is 0 Å². The minimum atomic E-state index is -0.785. The van der Waals surface area contributed by atoms with Crippen LogP contribution in [0.25, 0.3) is 0 Å². The SMILES string of the molecule is O=C(NC[C@@H](O)c1ccc(Cl)cc1)Nc1cccnc1. The van der Waals surface area contributed by atoms with Crippen molar-refractivity contribution in [2.75, 3.05) is 11.9 Å². The topological polar surface area (TPSA) is 74.2 Å². The van der Waals surface area contributed by atoms with Gasteiger partial charge in [-0.1, -0.05) is 23.7 Å². The number of amides is 2. The Balaban J connectivity index is 1.82. The van der Waals surface area contributed by atoms with Crippen LogP contribution in [0.2, 0.25) is 5.02 Å². The summed E-state index contributed by atoms with van der Waals surface area (Å²) in [5.74, 6) is 0. The van der Waals surface area contributed by atoms with Crippen molar-refractivity contribution in [3.63, 3.8) is 0 Å². The van der Waals surface area contributed by atoms with Gasteiger partial charge in [-0.3, -0.25) is 4.98 Å². The van der Waals surface area contributed by atoms with Crippen molar-refractivity contribution in [3.8, 4) is 0 Å². The average Bonchev–Trinajstić information content (AvgIpc) is 2.46. The van der Waals surface area contributed by atoms with Gasteiger partial charge < -0.3 is 15.7 Å². The Kier molecular flexibility index (Phi) is 4.92. The lowest BCUT2D eigenvalue weighted by atomic mass is 10.1. The number of hydrogen-bond acceptors (Lipinski definition) is 3. The van der Waals surface area contributed by atoms with Crippen LogP contribution in [0, 0.1) is 0 Å². The van der Waals surface area contributed by atoms with E-state index in [1.165, 1.54) is 6.20 Å². The number of benzene rings is 1. The zero-order valence-corrected chi connectivity index (χ0v) is 11.3. The smallest absolute Gasteiger partial charge is 0.319 e. The molecule has 1 heterocycles. The summed E-state index contributed by atoms with van der Waals surface area (Å²) in [4.78, 5) is 15.5. The van der Waals surface area contributed by atoms with Gasteiger partial charge in [-0.05, 0) is 29.8 Å². The third kappa shape index (κ3) is 4.22. The van der Waals surface area contributed by atoms with Gasteiger partial charge in [-0.2, -0.15) is 0 Å². The van der Waals surface area contributed by atoms with E-state index < -0.39 is 12.1 Å². The van der Waals surface area contributed by atoms with Crippen LogP contribution in [-0.4, -0.2) is 22.7 Å². The number of hydrogen-bond donors (Lipinski definition) is 3.